The number of benzene rings is 1. The fraction of sp³-hybridized carbons (Fsp3) is 0.200. The van der Waals surface area contributed by atoms with E-state index in [1.54, 1.807) is 18.2 Å². The Bertz CT molecular complexity index is 707. The molecule has 1 aromatic heterocycles. The molecule has 1 aliphatic heterocycles. The second kappa shape index (κ2) is 5.57. The number of hydrogen-bond acceptors (Lipinski definition) is 4. The van der Waals surface area contributed by atoms with Crippen molar-refractivity contribution in [1.82, 2.24) is 0 Å². The predicted molar refractivity (Wildman–Crippen MR) is 79.0 cm³/mol. The number of aryl methyl sites for hydroxylation is 1. The fourth-order valence-corrected chi connectivity index (χ4v) is 2.93. The van der Waals surface area contributed by atoms with Crippen LogP contribution < -0.4 is 10.1 Å². The van der Waals surface area contributed by atoms with Gasteiger partial charge in [0.15, 0.2) is 0 Å². The molecule has 1 amide bonds. The molecule has 0 saturated carbocycles. The van der Waals surface area contributed by atoms with Gasteiger partial charge in [-0.05, 0) is 42.3 Å². The smallest absolute Gasteiger partial charge is 0.345 e. The summed E-state index contributed by atoms with van der Waals surface area (Å²) in [4.78, 5) is 23.3. The number of carbonyl (C=O) groups excluding carboxylic acids is 1. The van der Waals surface area contributed by atoms with Crippen molar-refractivity contribution in [3.63, 3.8) is 0 Å². The summed E-state index contributed by atoms with van der Waals surface area (Å²) in [7, 11) is 0. The number of amides is 1. The minimum atomic E-state index is -0.921. The molecule has 3 rings (SSSR count). The quantitative estimate of drug-likeness (QED) is 0.910. The molecule has 21 heavy (non-hydrogen) atoms. The first-order valence-electron chi connectivity index (χ1n) is 6.49. The minimum Gasteiger partial charge on any atom is -0.488 e. The zero-order valence-corrected chi connectivity index (χ0v) is 11.9. The van der Waals surface area contributed by atoms with Crippen LogP contribution in [0.5, 0.6) is 5.75 Å². The molecule has 0 radical (unpaired) electrons. The second-order valence-corrected chi connectivity index (χ2v) is 5.90. The predicted octanol–water partition coefficient (Wildman–Crippen LogP) is 2.91. The zero-order chi connectivity index (χ0) is 14.8. The number of anilines is 1. The van der Waals surface area contributed by atoms with Crippen molar-refractivity contribution in [2.75, 3.05) is 5.32 Å². The average molecular weight is 303 g/mol. The molecule has 0 atom stereocenters. The number of rotatable bonds is 4. The normalized spacial score (nSPS) is 13.4. The first-order chi connectivity index (χ1) is 10.1. The molecule has 0 aliphatic carbocycles. The lowest BCUT2D eigenvalue weighted by atomic mass is 10.0. The van der Waals surface area contributed by atoms with E-state index in [1.165, 1.54) is 11.3 Å². The molecule has 5 nitrogen and oxygen atoms in total. The molecule has 2 heterocycles. The summed E-state index contributed by atoms with van der Waals surface area (Å²) in [6, 6.07) is 8.89. The van der Waals surface area contributed by atoms with Crippen molar-refractivity contribution < 1.29 is 19.4 Å². The van der Waals surface area contributed by atoms with E-state index in [1.807, 2.05) is 12.1 Å². The standard InChI is InChI=1S/C15H13NO4S/c17-14-6-1-9-7-10(2-4-12(9)16-14)20-8-11-3-5-13(21-11)15(18)19/h2-5,7H,1,6,8H2,(H,16,17)(H,18,19). The molecule has 2 aromatic rings. The number of thiophene rings is 1. The van der Waals surface area contributed by atoms with Crippen LogP contribution in [0.1, 0.15) is 26.5 Å². The Balaban J connectivity index is 1.68. The molecule has 1 aliphatic rings. The Morgan fingerprint density at radius 3 is 2.90 bits per heavy atom. The summed E-state index contributed by atoms with van der Waals surface area (Å²) in [5.74, 6) is -0.165. The van der Waals surface area contributed by atoms with Crippen LogP contribution in [-0.4, -0.2) is 17.0 Å². The number of nitrogens with one attached hydrogen (secondary N) is 1. The van der Waals surface area contributed by atoms with E-state index in [-0.39, 0.29) is 5.91 Å². The van der Waals surface area contributed by atoms with Crippen LogP contribution in [0.4, 0.5) is 5.69 Å². The van der Waals surface area contributed by atoms with Gasteiger partial charge in [-0.15, -0.1) is 11.3 Å². The topological polar surface area (TPSA) is 75.6 Å². The summed E-state index contributed by atoms with van der Waals surface area (Å²) in [5.41, 5.74) is 1.90. The lowest BCUT2D eigenvalue weighted by Gasteiger charge is -2.17. The highest BCUT2D eigenvalue weighted by Crippen LogP contribution is 2.27. The first-order valence-corrected chi connectivity index (χ1v) is 7.31. The van der Waals surface area contributed by atoms with Gasteiger partial charge in [-0.1, -0.05) is 0 Å². The van der Waals surface area contributed by atoms with Crippen LogP contribution in [0, 0.1) is 0 Å². The maximum atomic E-state index is 11.3. The monoisotopic (exact) mass is 303 g/mol. The van der Waals surface area contributed by atoms with Crippen LogP contribution in [0.3, 0.4) is 0 Å². The molecule has 0 fully saturated rings. The largest absolute Gasteiger partial charge is 0.488 e. The van der Waals surface area contributed by atoms with E-state index in [0.29, 0.717) is 24.3 Å². The summed E-state index contributed by atoms with van der Waals surface area (Å²) in [6.07, 6.45) is 1.20. The third-order valence-corrected chi connectivity index (χ3v) is 4.27. The molecule has 6 heteroatoms. The Kier molecular flexibility index (Phi) is 3.62. The number of carboxylic acid groups (broad SMARTS) is 1. The second-order valence-electron chi connectivity index (χ2n) is 4.73. The van der Waals surface area contributed by atoms with Crippen LogP contribution >= 0.6 is 11.3 Å². The third-order valence-electron chi connectivity index (χ3n) is 3.23. The van der Waals surface area contributed by atoms with E-state index in [2.05, 4.69) is 5.32 Å². The van der Waals surface area contributed by atoms with Gasteiger partial charge in [0.25, 0.3) is 0 Å². The number of fused-ring (bicyclic) bond motifs is 1. The maximum absolute atomic E-state index is 11.3. The van der Waals surface area contributed by atoms with Gasteiger partial charge in [-0.3, -0.25) is 4.79 Å². The van der Waals surface area contributed by atoms with Gasteiger partial charge in [0, 0.05) is 17.0 Å². The molecular weight excluding hydrogens is 290 g/mol. The number of carbonyl (C=O) groups is 2. The third kappa shape index (κ3) is 3.05. The molecule has 0 unspecified atom stereocenters. The van der Waals surface area contributed by atoms with Gasteiger partial charge < -0.3 is 15.2 Å². The van der Waals surface area contributed by atoms with E-state index in [9.17, 15) is 9.59 Å². The fourth-order valence-electron chi connectivity index (χ4n) is 2.17. The van der Waals surface area contributed by atoms with E-state index >= 15 is 0 Å². The highest BCUT2D eigenvalue weighted by molar-refractivity contribution is 7.13. The number of aromatic carboxylic acids is 1. The maximum Gasteiger partial charge on any atom is 0.345 e. The molecule has 0 spiro atoms. The Labute approximate surface area is 125 Å². The summed E-state index contributed by atoms with van der Waals surface area (Å²) < 4.78 is 5.68. The molecule has 108 valence electrons. The van der Waals surface area contributed by atoms with Crippen LogP contribution in [0.2, 0.25) is 0 Å². The van der Waals surface area contributed by atoms with Crippen LogP contribution in [0.25, 0.3) is 0 Å². The van der Waals surface area contributed by atoms with Gasteiger partial charge in [-0.2, -0.15) is 0 Å². The first kappa shape index (κ1) is 13.6. The SMILES string of the molecule is O=C1CCc2cc(OCc3ccc(C(=O)O)s3)ccc2N1. The number of ether oxygens (including phenoxy) is 1. The van der Waals surface area contributed by atoms with Crippen molar-refractivity contribution in [2.45, 2.75) is 19.4 Å². The summed E-state index contributed by atoms with van der Waals surface area (Å²) >= 11 is 1.21. The average Bonchev–Trinajstić information content (AvgIpc) is 2.94. The molecule has 1 aromatic carbocycles. The zero-order valence-electron chi connectivity index (χ0n) is 11.1. The Morgan fingerprint density at radius 2 is 2.14 bits per heavy atom. The lowest BCUT2D eigenvalue weighted by Crippen LogP contribution is -2.18. The highest BCUT2D eigenvalue weighted by atomic mass is 32.1. The van der Waals surface area contributed by atoms with Crippen molar-refractivity contribution in [3.05, 3.63) is 45.6 Å². The number of hydrogen-bond donors (Lipinski definition) is 2. The van der Waals surface area contributed by atoms with Gasteiger partial charge in [0.2, 0.25) is 5.91 Å². The van der Waals surface area contributed by atoms with E-state index < -0.39 is 5.97 Å². The molecular formula is C15H13NO4S. The lowest BCUT2D eigenvalue weighted by molar-refractivity contribution is -0.116. The Morgan fingerprint density at radius 1 is 1.29 bits per heavy atom. The van der Waals surface area contributed by atoms with Crippen LogP contribution in [0.15, 0.2) is 30.3 Å². The van der Waals surface area contributed by atoms with Crippen molar-refractivity contribution in [3.8, 4) is 5.75 Å². The van der Waals surface area contributed by atoms with Crippen molar-refractivity contribution >= 4 is 28.9 Å². The molecule has 0 bridgehead atoms. The summed E-state index contributed by atoms with van der Waals surface area (Å²) in [6.45, 7) is 0.336. The number of carboxylic acids is 1. The van der Waals surface area contributed by atoms with E-state index in [0.717, 1.165) is 21.9 Å². The van der Waals surface area contributed by atoms with Crippen LogP contribution in [-0.2, 0) is 17.8 Å². The van der Waals surface area contributed by atoms with E-state index in [4.69, 9.17) is 9.84 Å². The van der Waals surface area contributed by atoms with Gasteiger partial charge in [0.05, 0.1) is 0 Å². The molecule has 2 N–H and O–H groups in total. The van der Waals surface area contributed by atoms with Crippen molar-refractivity contribution in [1.29, 1.82) is 0 Å². The van der Waals surface area contributed by atoms with Crippen molar-refractivity contribution in [2.24, 2.45) is 0 Å². The van der Waals surface area contributed by atoms with Gasteiger partial charge in [0.1, 0.15) is 17.2 Å². The highest BCUT2D eigenvalue weighted by Gasteiger charge is 2.15. The van der Waals surface area contributed by atoms with Gasteiger partial charge >= 0.3 is 5.97 Å². The summed E-state index contributed by atoms with van der Waals surface area (Å²) in [5, 5.41) is 11.7. The minimum absolute atomic E-state index is 0.0379. The molecule has 0 saturated heterocycles. The van der Waals surface area contributed by atoms with Gasteiger partial charge in [-0.25, -0.2) is 4.79 Å². The Hall–Kier alpha value is -2.34.